The van der Waals surface area contributed by atoms with Crippen molar-refractivity contribution in [2.45, 2.75) is 12.5 Å². The van der Waals surface area contributed by atoms with Gasteiger partial charge in [-0.1, -0.05) is 41.4 Å². The Labute approximate surface area is 173 Å². The molecule has 1 fully saturated rings. The lowest BCUT2D eigenvalue weighted by Gasteiger charge is -2.18. The predicted molar refractivity (Wildman–Crippen MR) is 111 cm³/mol. The third-order valence-electron chi connectivity index (χ3n) is 4.51. The number of anilines is 2. The minimum Gasteiger partial charge on any atom is -0.465 e. The number of esters is 1. The molecule has 0 spiro atoms. The lowest BCUT2D eigenvalue weighted by molar-refractivity contribution is -0.117. The Morgan fingerprint density at radius 3 is 2.68 bits per heavy atom. The minimum absolute atomic E-state index is 0.124. The number of carbonyl (C=O) groups is 2. The molecule has 2 N–H and O–H groups in total. The van der Waals surface area contributed by atoms with E-state index in [4.69, 9.17) is 27.9 Å². The zero-order valence-corrected chi connectivity index (χ0v) is 16.9. The van der Waals surface area contributed by atoms with Gasteiger partial charge in [0.05, 0.1) is 29.9 Å². The number of nitrogens with one attached hydrogen (secondary N) is 2. The largest absolute Gasteiger partial charge is 0.465 e. The van der Waals surface area contributed by atoms with E-state index in [2.05, 4.69) is 15.5 Å². The van der Waals surface area contributed by atoms with Crippen LogP contribution in [0.1, 0.15) is 16.8 Å². The normalized spacial score (nSPS) is 16.6. The molecule has 1 aliphatic heterocycles. The molecule has 148 valence electrons. The third-order valence-corrected chi connectivity index (χ3v) is 5.03. The molecule has 1 aliphatic rings. The zero-order chi connectivity index (χ0) is 20.1. The maximum absolute atomic E-state index is 12.5. The van der Waals surface area contributed by atoms with Crippen molar-refractivity contribution in [3.63, 3.8) is 0 Å². The van der Waals surface area contributed by atoms with E-state index in [1.807, 2.05) is 30.3 Å². The van der Waals surface area contributed by atoms with Gasteiger partial charge in [-0.25, -0.2) is 4.79 Å². The molecule has 2 aromatic carbocycles. The standard InChI is InChI=1S/C20H21Cl2N3O3/c1-28-20(27)16-9-13(21)10-17(22)19(16)24-18(26)12-25-8-7-15(11-25)23-14-5-3-2-4-6-14/h2-6,9-10,15,23H,7-8,11-12H2,1H3,(H,24,26). The van der Waals surface area contributed by atoms with Crippen molar-refractivity contribution in [3.05, 3.63) is 58.1 Å². The first kappa shape index (κ1) is 20.5. The topological polar surface area (TPSA) is 70.7 Å². The summed E-state index contributed by atoms with van der Waals surface area (Å²) in [5.74, 6) is -0.872. The fraction of sp³-hybridized carbons (Fsp3) is 0.300. The molecule has 1 amide bonds. The van der Waals surface area contributed by atoms with Crippen LogP contribution in [0.25, 0.3) is 0 Å². The summed E-state index contributed by atoms with van der Waals surface area (Å²) >= 11 is 12.1. The maximum Gasteiger partial charge on any atom is 0.340 e. The molecule has 0 aliphatic carbocycles. The van der Waals surface area contributed by atoms with Crippen molar-refractivity contribution < 1.29 is 14.3 Å². The first-order chi connectivity index (χ1) is 13.5. The van der Waals surface area contributed by atoms with Crippen LogP contribution in [0.5, 0.6) is 0 Å². The van der Waals surface area contributed by atoms with Gasteiger partial charge in [0.15, 0.2) is 0 Å². The summed E-state index contributed by atoms with van der Waals surface area (Å²) in [4.78, 5) is 26.5. The highest BCUT2D eigenvalue weighted by molar-refractivity contribution is 6.37. The Bertz CT molecular complexity index is 861. The third kappa shape index (κ3) is 5.16. The first-order valence-electron chi connectivity index (χ1n) is 8.87. The number of hydrogen-bond acceptors (Lipinski definition) is 5. The monoisotopic (exact) mass is 421 g/mol. The average molecular weight is 422 g/mol. The van der Waals surface area contributed by atoms with Crippen LogP contribution in [-0.2, 0) is 9.53 Å². The van der Waals surface area contributed by atoms with Gasteiger partial charge in [-0.05, 0) is 30.7 Å². The molecule has 0 bridgehead atoms. The molecule has 0 aromatic heterocycles. The highest BCUT2D eigenvalue weighted by Gasteiger charge is 2.25. The van der Waals surface area contributed by atoms with Crippen LogP contribution in [0, 0.1) is 0 Å². The summed E-state index contributed by atoms with van der Waals surface area (Å²) in [7, 11) is 1.26. The van der Waals surface area contributed by atoms with E-state index in [0.29, 0.717) is 0 Å². The summed E-state index contributed by atoms with van der Waals surface area (Å²) in [6.07, 6.45) is 0.942. The number of benzene rings is 2. The van der Waals surface area contributed by atoms with Crippen molar-refractivity contribution in [3.8, 4) is 0 Å². The average Bonchev–Trinajstić information content (AvgIpc) is 3.10. The van der Waals surface area contributed by atoms with E-state index < -0.39 is 5.97 Å². The molecule has 1 unspecified atom stereocenters. The van der Waals surface area contributed by atoms with Gasteiger partial charge < -0.3 is 15.4 Å². The molecule has 28 heavy (non-hydrogen) atoms. The van der Waals surface area contributed by atoms with Crippen LogP contribution in [-0.4, -0.2) is 49.6 Å². The predicted octanol–water partition coefficient (Wildman–Crippen LogP) is 3.90. The van der Waals surface area contributed by atoms with Crippen LogP contribution in [0.15, 0.2) is 42.5 Å². The fourth-order valence-corrected chi connectivity index (χ4v) is 3.76. The molecule has 1 heterocycles. The van der Waals surface area contributed by atoms with E-state index in [9.17, 15) is 9.59 Å². The second kappa shape index (κ2) is 9.28. The Morgan fingerprint density at radius 1 is 1.21 bits per heavy atom. The molecule has 8 heteroatoms. The Hall–Kier alpha value is -2.28. The van der Waals surface area contributed by atoms with Gasteiger partial charge in [0, 0.05) is 29.8 Å². The number of ether oxygens (including phenoxy) is 1. The number of carbonyl (C=O) groups excluding carboxylic acids is 2. The molecule has 2 aromatic rings. The Morgan fingerprint density at radius 2 is 1.96 bits per heavy atom. The van der Waals surface area contributed by atoms with E-state index in [-0.39, 0.29) is 39.8 Å². The van der Waals surface area contributed by atoms with E-state index in [0.717, 1.165) is 25.2 Å². The summed E-state index contributed by atoms with van der Waals surface area (Å²) in [6.45, 7) is 1.75. The number of nitrogens with zero attached hydrogens (tertiary/aromatic N) is 1. The van der Waals surface area contributed by atoms with Crippen LogP contribution in [0.3, 0.4) is 0 Å². The van der Waals surface area contributed by atoms with E-state index in [1.54, 1.807) is 0 Å². The molecule has 3 rings (SSSR count). The second-order valence-electron chi connectivity index (χ2n) is 6.58. The van der Waals surface area contributed by atoms with E-state index in [1.165, 1.54) is 19.2 Å². The van der Waals surface area contributed by atoms with Crippen molar-refractivity contribution >= 4 is 46.5 Å². The summed E-state index contributed by atoms with van der Waals surface area (Å²) in [5, 5.41) is 6.67. The molecule has 0 radical (unpaired) electrons. The lowest BCUT2D eigenvalue weighted by Crippen LogP contribution is -2.33. The number of para-hydroxylation sites is 1. The van der Waals surface area contributed by atoms with Crippen molar-refractivity contribution in [1.29, 1.82) is 0 Å². The van der Waals surface area contributed by atoms with Crippen molar-refractivity contribution in [2.75, 3.05) is 37.4 Å². The highest BCUT2D eigenvalue weighted by atomic mass is 35.5. The van der Waals surface area contributed by atoms with Crippen molar-refractivity contribution in [2.24, 2.45) is 0 Å². The van der Waals surface area contributed by atoms with Gasteiger partial charge >= 0.3 is 5.97 Å². The van der Waals surface area contributed by atoms with Gasteiger partial charge in [-0.3, -0.25) is 9.69 Å². The van der Waals surface area contributed by atoms with Gasteiger partial charge in [0.25, 0.3) is 0 Å². The van der Waals surface area contributed by atoms with Crippen LogP contribution in [0.4, 0.5) is 11.4 Å². The second-order valence-corrected chi connectivity index (χ2v) is 7.42. The van der Waals surface area contributed by atoms with Crippen LogP contribution >= 0.6 is 23.2 Å². The molecule has 0 saturated carbocycles. The number of rotatable bonds is 6. The smallest absolute Gasteiger partial charge is 0.340 e. The van der Waals surface area contributed by atoms with E-state index >= 15 is 0 Å². The zero-order valence-electron chi connectivity index (χ0n) is 15.4. The van der Waals surface area contributed by atoms with Crippen molar-refractivity contribution in [1.82, 2.24) is 4.90 Å². The number of amides is 1. The van der Waals surface area contributed by atoms with Crippen LogP contribution in [0.2, 0.25) is 10.0 Å². The first-order valence-corrected chi connectivity index (χ1v) is 9.63. The van der Waals surface area contributed by atoms with Gasteiger partial charge in [-0.15, -0.1) is 0 Å². The van der Waals surface area contributed by atoms with Gasteiger partial charge in [0.2, 0.25) is 5.91 Å². The summed E-state index contributed by atoms with van der Waals surface area (Å²) in [5.41, 5.74) is 1.40. The quantitative estimate of drug-likeness (QED) is 0.691. The minimum atomic E-state index is -0.618. The van der Waals surface area contributed by atoms with Gasteiger partial charge in [0.1, 0.15) is 0 Å². The number of likely N-dealkylation sites (tertiary alicyclic amines) is 1. The SMILES string of the molecule is COC(=O)c1cc(Cl)cc(Cl)c1NC(=O)CN1CCC(Nc2ccccc2)C1. The fourth-order valence-electron chi connectivity index (χ4n) is 3.22. The summed E-state index contributed by atoms with van der Waals surface area (Å²) in [6, 6.07) is 13.2. The van der Waals surface area contributed by atoms with Crippen LogP contribution < -0.4 is 10.6 Å². The lowest BCUT2D eigenvalue weighted by atomic mass is 10.1. The number of methoxy groups -OCH3 is 1. The molecular weight excluding hydrogens is 401 g/mol. The summed E-state index contributed by atoms with van der Waals surface area (Å²) < 4.78 is 4.75. The molecule has 1 atom stereocenters. The Balaban J connectivity index is 1.60. The van der Waals surface area contributed by atoms with Gasteiger partial charge in [-0.2, -0.15) is 0 Å². The number of hydrogen-bond donors (Lipinski definition) is 2. The molecular formula is C20H21Cl2N3O3. The molecule has 6 nitrogen and oxygen atoms in total. The maximum atomic E-state index is 12.5. The number of halogens is 2. The Kier molecular flexibility index (Phi) is 6.78. The highest BCUT2D eigenvalue weighted by Crippen LogP contribution is 2.31. The molecule has 1 saturated heterocycles.